The van der Waals surface area contributed by atoms with E-state index in [1.807, 2.05) is 0 Å². The maximum absolute atomic E-state index is 12.4. The Balaban J connectivity index is 1.75. The third-order valence-corrected chi connectivity index (χ3v) is 5.39. The average molecular weight is 394 g/mol. The monoisotopic (exact) mass is 393 g/mol. The molecule has 1 N–H and O–H groups in total. The van der Waals surface area contributed by atoms with E-state index >= 15 is 0 Å². The maximum atomic E-state index is 12.4. The van der Waals surface area contributed by atoms with Crippen LogP contribution in [-0.2, 0) is 16.6 Å². The van der Waals surface area contributed by atoms with Crippen molar-refractivity contribution in [1.82, 2.24) is 14.9 Å². The molecule has 0 unspecified atom stereocenters. The van der Waals surface area contributed by atoms with E-state index in [0.29, 0.717) is 21.9 Å². The summed E-state index contributed by atoms with van der Waals surface area (Å²) < 4.78 is 37.9. The highest BCUT2D eigenvalue weighted by atomic mass is 35.5. The smallest absolute Gasteiger partial charge is 0.249 e. The number of aryl methyl sites for hydroxylation is 1. The van der Waals surface area contributed by atoms with E-state index in [4.69, 9.17) is 20.8 Å². The number of nitrogens with zero attached hydrogens (tertiary/aromatic N) is 2. The molecule has 0 spiro atoms. The van der Waals surface area contributed by atoms with Gasteiger partial charge in [-0.05, 0) is 42.8 Å². The first-order valence-corrected chi connectivity index (χ1v) is 9.48. The Morgan fingerprint density at radius 1 is 1.19 bits per heavy atom. The number of sulfonamides is 1. The van der Waals surface area contributed by atoms with Gasteiger partial charge >= 0.3 is 0 Å². The lowest BCUT2D eigenvalue weighted by molar-refractivity contribution is 0.411. The molecular formula is C17H16ClN3O4S. The van der Waals surface area contributed by atoms with Gasteiger partial charge in [0.1, 0.15) is 5.75 Å². The molecule has 0 aliphatic heterocycles. The lowest BCUT2D eigenvalue weighted by Gasteiger charge is -2.08. The minimum Gasteiger partial charge on any atom is -0.496 e. The fourth-order valence-electron chi connectivity index (χ4n) is 2.33. The van der Waals surface area contributed by atoms with Crippen molar-refractivity contribution in [3.63, 3.8) is 0 Å². The predicted octanol–water partition coefficient (Wildman–Crippen LogP) is 3.19. The maximum Gasteiger partial charge on any atom is 0.249 e. The molecule has 0 aliphatic rings. The third kappa shape index (κ3) is 3.87. The van der Waals surface area contributed by atoms with Crippen molar-refractivity contribution >= 4 is 21.6 Å². The number of aromatic nitrogens is 2. The van der Waals surface area contributed by atoms with Gasteiger partial charge in [-0.3, -0.25) is 0 Å². The van der Waals surface area contributed by atoms with E-state index in [0.717, 1.165) is 0 Å². The van der Waals surface area contributed by atoms with E-state index in [1.54, 1.807) is 37.3 Å². The average Bonchev–Trinajstić information content (AvgIpc) is 3.09. The number of rotatable bonds is 6. The van der Waals surface area contributed by atoms with E-state index in [1.165, 1.54) is 19.2 Å². The fourth-order valence-corrected chi connectivity index (χ4v) is 3.60. The number of ether oxygens (including phenoxy) is 1. The molecule has 0 bridgehead atoms. The summed E-state index contributed by atoms with van der Waals surface area (Å²) in [5.41, 5.74) is 1.30. The van der Waals surface area contributed by atoms with Crippen LogP contribution in [0.15, 0.2) is 51.8 Å². The Morgan fingerprint density at radius 2 is 1.96 bits per heavy atom. The van der Waals surface area contributed by atoms with Crippen molar-refractivity contribution in [1.29, 1.82) is 0 Å². The summed E-state index contributed by atoms with van der Waals surface area (Å²) in [6.07, 6.45) is 0. The number of hydrogen-bond acceptors (Lipinski definition) is 6. The van der Waals surface area contributed by atoms with E-state index < -0.39 is 10.0 Å². The third-order valence-electron chi connectivity index (χ3n) is 3.66. The summed E-state index contributed by atoms with van der Waals surface area (Å²) in [6, 6.07) is 11.6. The van der Waals surface area contributed by atoms with Gasteiger partial charge in [0.2, 0.25) is 21.8 Å². The molecule has 0 saturated heterocycles. The minimum atomic E-state index is -3.73. The predicted molar refractivity (Wildman–Crippen MR) is 96.5 cm³/mol. The zero-order chi connectivity index (χ0) is 18.7. The number of methoxy groups -OCH3 is 1. The van der Waals surface area contributed by atoms with Crippen molar-refractivity contribution in [3.05, 3.63) is 58.9 Å². The molecule has 0 fully saturated rings. The Bertz CT molecular complexity index is 1030. The van der Waals surface area contributed by atoms with Crippen LogP contribution in [0.1, 0.15) is 11.5 Å². The minimum absolute atomic E-state index is 0.127. The Hall–Kier alpha value is -2.42. The SMILES string of the molecule is COc1ccc(S(=O)(=O)NCc2nnc(-c3ccccc3Cl)o2)cc1C. The molecule has 0 amide bonds. The standard InChI is InChI=1S/C17H16ClN3O4S/c1-11-9-12(7-8-15(11)24-2)26(22,23)19-10-16-20-21-17(25-16)13-5-3-4-6-14(13)18/h3-9,19H,10H2,1-2H3. The lowest BCUT2D eigenvalue weighted by Crippen LogP contribution is -2.23. The van der Waals surface area contributed by atoms with Crippen LogP contribution in [-0.4, -0.2) is 25.7 Å². The highest BCUT2D eigenvalue weighted by Gasteiger charge is 2.18. The fraction of sp³-hybridized carbons (Fsp3) is 0.176. The van der Waals surface area contributed by atoms with Gasteiger partial charge in [0.25, 0.3) is 0 Å². The first-order chi connectivity index (χ1) is 12.4. The van der Waals surface area contributed by atoms with Gasteiger partial charge in [-0.25, -0.2) is 13.1 Å². The van der Waals surface area contributed by atoms with Crippen molar-refractivity contribution in [2.45, 2.75) is 18.4 Å². The van der Waals surface area contributed by atoms with Gasteiger partial charge < -0.3 is 9.15 Å². The van der Waals surface area contributed by atoms with Crippen LogP contribution < -0.4 is 9.46 Å². The van der Waals surface area contributed by atoms with Gasteiger partial charge in [0.05, 0.1) is 29.1 Å². The molecule has 136 valence electrons. The molecule has 0 aliphatic carbocycles. The van der Waals surface area contributed by atoms with Crippen LogP contribution in [0.25, 0.3) is 11.5 Å². The summed E-state index contributed by atoms with van der Waals surface area (Å²) >= 11 is 6.09. The van der Waals surface area contributed by atoms with Crippen LogP contribution in [0.2, 0.25) is 5.02 Å². The van der Waals surface area contributed by atoms with Crippen molar-refractivity contribution < 1.29 is 17.6 Å². The summed E-state index contributed by atoms with van der Waals surface area (Å²) in [5.74, 6) is 0.976. The highest BCUT2D eigenvalue weighted by Crippen LogP contribution is 2.26. The number of benzene rings is 2. The molecular weight excluding hydrogens is 378 g/mol. The van der Waals surface area contributed by atoms with Crippen molar-refractivity contribution in [2.75, 3.05) is 7.11 Å². The molecule has 0 radical (unpaired) electrons. The van der Waals surface area contributed by atoms with Crippen LogP contribution in [0.4, 0.5) is 0 Å². The van der Waals surface area contributed by atoms with Crippen LogP contribution >= 0.6 is 11.6 Å². The molecule has 26 heavy (non-hydrogen) atoms. The second-order valence-electron chi connectivity index (χ2n) is 5.44. The Morgan fingerprint density at radius 3 is 2.65 bits per heavy atom. The first-order valence-electron chi connectivity index (χ1n) is 7.62. The normalized spacial score (nSPS) is 11.5. The largest absolute Gasteiger partial charge is 0.496 e. The second-order valence-corrected chi connectivity index (χ2v) is 7.61. The van der Waals surface area contributed by atoms with Gasteiger partial charge in [0, 0.05) is 0 Å². The van der Waals surface area contributed by atoms with Crippen LogP contribution in [0.5, 0.6) is 5.75 Å². The summed E-state index contributed by atoms with van der Waals surface area (Å²) in [5, 5.41) is 8.23. The zero-order valence-corrected chi connectivity index (χ0v) is 15.6. The van der Waals surface area contributed by atoms with Gasteiger partial charge in [-0.2, -0.15) is 0 Å². The van der Waals surface area contributed by atoms with Crippen LogP contribution in [0.3, 0.4) is 0 Å². The Kier molecular flexibility index (Phi) is 5.26. The molecule has 7 nitrogen and oxygen atoms in total. The zero-order valence-electron chi connectivity index (χ0n) is 14.1. The summed E-state index contributed by atoms with van der Waals surface area (Å²) in [6.45, 7) is 1.64. The van der Waals surface area contributed by atoms with Gasteiger partial charge in [-0.15, -0.1) is 10.2 Å². The molecule has 1 heterocycles. The topological polar surface area (TPSA) is 94.3 Å². The molecule has 1 aromatic heterocycles. The lowest BCUT2D eigenvalue weighted by atomic mass is 10.2. The number of hydrogen-bond donors (Lipinski definition) is 1. The van der Waals surface area contributed by atoms with E-state index in [9.17, 15) is 8.42 Å². The first kappa shape index (κ1) is 18.4. The summed E-state index contributed by atoms with van der Waals surface area (Å²) in [7, 11) is -2.20. The molecule has 2 aromatic carbocycles. The molecule has 9 heteroatoms. The molecule has 3 rings (SSSR count). The van der Waals surface area contributed by atoms with Crippen molar-refractivity contribution in [2.24, 2.45) is 0 Å². The molecule has 0 saturated carbocycles. The van der Waals surface area contributed by atoms with Crippen molar-refractivity contribution in [3.8, 4) is 17.2 Å². The van der Waals surface area contributed by atoms with E-state index in [2.05, 4.69) is 14.9 Å². The van der Waals surface area contributed by atoms with Crippen LogP contribution in [0, 0.1) is 6.92 Å². The number of halogens is 1. The second kappa shape index (κ2) is 7.45. The van der Waals surface area contributed by atoms with Gasteiger partial charge in [-0.1, -0.05) is 23.7 Å². The quantitative estimate of drug-likeness (QED) is 0.691. The highest BCUT2D eigenvalue weighted by molar-refractivity contribution is 7.89. The summed E-state index contributed by atoms with van der Waals surface area (Å²) in [4.78, 5) is 0.127. The van der Waals surface area contributed by atoms with Gasteiger partial charge in [0.15, 0.2) is 0 Å². The number of nitrogens with one attached hydrogen (secondary N) is 1. The van der Waals surface area contributed by atoms with E-state index in [-0.39, 0.29) is 23.2 Å². The Labute approximate surface area is 156 Å². The molecule has 3 aromatic rings. The molecule has 0 atom stereocenters.